The van der Waals surface area contributed by atoms with Gasteiger partial charge < -0.3 is 10.4 Å². The molecule has 0 radical (unpaired) electrons. The molecule has 0 heterocycles. The smallest absolute Gasteiger partial charge is 0.160 e. The van der Waals surface area contributed by atoms with Gasteiger partial charge in [-0.3, -0.25) is 4.79 Å². The van der Waals surface area contributed by atoms with Crippen molar-refractivity contribution >= 4 is 17.5 Å². The average molecular weight is 367 g/mol. The third-order valence-electron chi connectivity index (χ3n) is 3.83. The van der Waals surface area contributed by atoms with E-state index in [9.17, 15) is 4.79 Å². The molecule has 4 heteroatoms. The van der Waals surface area contributed by atoms with Gasteiger partial charge in [-0.05, 0) is 30.2 Å². The normalized spacial score (nSPS) is 10.1. The summed E-state index contributed by atoms with van der Waals surface area (Å²) in [5.41, 5.74) is 4.07. The Morgan fingerprint density at radius 3 is 2.37 bits per heavy atom. The van der Waals surface area contributed by atoms with Gasteiger partial charge >= 0.3 is 0 Å². The lowest BCUT2D eigenvalue weighted by Gasteiger charge is -2.11. The van der Waals surface area contributed by atoms with E-state index in [4.69, 9.17) is 10.4 Å². The molecule has 2 aromatic rings. The van der Waals surface area contributed by atoms with Crippen molar-refractivity contribution in [3.63, 3.8) is 0 Å². The number of nitrogens with zero attached hydrogens (tertiary/aromatic N) is 1. The van der Waals surface area contributed by atoms with Gasteiger partial charge in [-0.1, -0.05) is 63.8 Å². The predicted octanol–water partition coefficient (Wildman–Crippen LogP) is 5.25. The molecule has 2 rings (SSSR count). The van der Waals surface area contributed by atoms with Crippen molar-refractivity contribution in [2.24, 2.45) is 0 Å². The fraction of sp³-hybridized carbons (Fsp3) is 0.304. The van der Waals surface area contributed by atoms with Gasteiger partial charge in [0.2, 0.25) is 0 Å². The topological polar surface area (TPSA) is 73.1 Å². The molecule has 0 aliphatic heterocycles. The third-order valence-corrected chi connectivity index (χ3v) is 3.83. The zero-order valence-corrected chi connectivity index (χ0v) is 16.9. The van der Waals surface area contributed by atoms with Gasteiger partial charge in [-0.25, -0.2) is 0 Å². The minimum Gasteiger partial charge on any atom is -0.396 e. The molecule has 144 valence electrons. The predicted molar refractivity (Wildman–Crippen MR) is 114 cm³/mol. The highest BCUT2D eigenvalue weighted by molar-refractivity contribution is 5.97. The Morgan fingerprint density at radius 2 is 1.93 bits per heavy atom. The number of aliphatic hydroxyl groups excluding tert-OH is 1. The van der Waals surface area contributed by atoms with Gasteiger partial charge in [0.05, 0.1) is 11.6 Å². The Kier molecular flexibility index (Phi) is 11.9. The zero-order chi connectivity index (χ0) is 20.8. The highest BCUT2D eigenvalue weighted by Crippen LogP contribution is 2.22. The Bertz CT molecular complexity index is 776. The van der Waals surface area contributed by atoms with Crippen LogP contribution in [0.25, 0.3) is 6.08 Å². The summed E-state index contributed by atoms with van der Waals surface area (Å²) in [5, 5.41) is 20.9. The first kappa shape index (κ1) is 24.1. The highest BCUT2D eigenvalue weighted by Gasteiger charge is 2.09. The van der Waals surface area contributed by atoms with Crippen molar-refractivity contribution < 1.29 is 9.90 Å². The van der Waals surface area contributed by atoms with Crippen molar-refractivity contribution in [2.45, 2.75) is 33.6 Å². The van der Waals surface area contributed by atoms with Crippen LogP contribution in [0.4, 0.5) is 5.69 Å². The number of aliphatic hydroxyl groups is 1. The molecular weight excluding hydrogens is 336 g/mol. The largest absolute Gasteiger partial charge is 0.396 e. The van der Waals surface area contributed by atoms with E-state index >= 15 is 0 Å². The number of nitriles is 1. The van der Waals surface area contributed by atoms with E-state index in [1.807, 2.05) is 58.2 Å². The van der Waals surface area contributed by atoms with Crippen LogP contribution in [0.15, 0.2) is 49.0 Å². The zero-order valence-electron chi connectivity index (χ0n) is 16.9. The van der Waals surface area contributed by atoms with Crippen LogP contribution >= 0.6 is 0 Å². The van der Waals surface area contributed by atoms with Gasteiger partial charge in [0.15, 0.2) is 5.78 Å². The van der Waals surface area contributed by atoms with Crippen LogP contribution < -0.4 is 5.32 Å². The Morgan fingerprint density at radius 1 is 1.30 bits per heavy atom. The van der Waals surface area contributed by atoms with Gasteiger partial charge in [0, 0.05) is 30.8 Å². The van der Waals surface area contributed by atoms with Crippen molar-refractivity contribution in [1.29, 1.82) is 5.26 Å². The lowest BCUT2D eigenvalue weighted by atomic mass is 9.96. The van der Waals surface area contributed by atoms with Crippen LogP contribution in [0.5, 0.6) is 0 Å². The Labute approximate surface area is 163 Å². The monoisotopic (exact) mass is 366 g/mol. The third kappa shape index (κ3) is 7.47. The molecule has 27 heavy (non-hydrogen) atoms. The SMILES string of the molecule is C=Cc1ccccc1C(C)=O.CC.CNc1ccc(C(C)CO)c(C#N)c1. The standard InChI is InChI=1S/C11H14N2O.C10H10O.C2H6/c1-8(7-14)11-4-3-10(13-2)5-9(11)6-12;1-3-9-6-4-5-7-10(9)8(2)11;1-2/h3-5,8,13-14H,7H2,1-2H3;3-7H,1H2,2H3;1-2H3. The van der Waals surface area contributed by atoms with Crippen molar-refractivity contribution in [3.8, 4) is 6.07 Å². The molecule has 0 bridgehead atoms. The molecule has 4 nitrogen and oxygen atoms in total. The molecule has 0 amide bonds. The number of benzene rings is 2. The number of hydrogen-bond acceptors (Lipinski definition) is 4. The van der Waals surface area contributed by atoms with E-state index < -0.39 is 0 Å². The minimum absolute atomic E-state index is 0.00977. The van der Waals surface area contributed by atoms with E-state index in [1.165, 1.54) is 0 Å². The molecule has 0 aliphatic carbocycles. The summed E-state index contributed by atoms with van der Waals surface area (Å²) in [5.74, 6) is 0.0936. The minimum atomic E-state index is 0.00977. The van der Waals surface area contributed by atoms with Crippen LogP contribution in [0, 0.1) is 11.3 Å². The molecule has 0 aliphatic rings. The maximum absolute atomic E-state index is 11.0. The number of anilines is 1. The highest BCUT2D eigenvalue weighted by atomic mass is 16.3. The summed E-state index contributed by atoms with van der Waals surface area (Å²) in [7, 11) is 1.81. The molecule has 1 atom stereocenters. The fourth-order valence-corrected chi connectivity index (χ4v) is 2.33. The molecule has 0 aromatic heterocycles. The molecule has 0 fully saturated rings. The summed E-state index contributed by atoms with van der Waals surface area (Å²) in [6.07, 6.45) is 1.69. The molecule has 0 saturated heterocycles. The van der Waals surface area contributed by atoms with Crippen LogP contribution in [0.2, 0.25) is 0 Å². The van der Waals surface area contributed by atoms with Crippen LogP contribution in [-0.2, 0) is 0 Å². The number of rotatable bonds is 5. The molecule has 1 unspecified atom stereocenters. The van der Waals surface area contributed by atoms with Crippen molar-refractivity contribution in [2.75, 3.05) is 19.0 Å². The van der Waals surface area contributed by atoms with Crippen LogP contribution in [0.3, 0.4) is 0 Å². The van der Waals surface area contributed by atoms with Gasteiger partial charge in [-0.2, -0.15) is 5.26 Å². The summed E-state index contributed by atoms with van der Waals surface area (Å²) in [6.45, 7) is 11.1. The number of ketones is 1. The summed E-state index contributed by atoms with van der Waals surface area (Å²) >= 11 is 0. The number of nitrogens with one attached hydrogen (secondary N) is 1. The molecule has 2 aromatic carbocycles. The maximum atomic E-state index is 11.0. The molecule has 2 N–H and O–H groups in total. The van der Waals surface area contributed by atoms with Gasteiger partial charge in [0.25, 0.3) is 0 Å². The van der Waals surface area contributed by atoms with Crippen LogP contribution in [-0.4, -0.2) is 24.5 Å². The van der Waals surface area contributed by atoms with E-state index in [1.54, 1.807) is 25.1 Å². The Balaban J connectivity index is 0.000000469. The van der Waals surface area contributed by atoms with Gasteiger partial charge in [-0.15, -0.1) is 0 Å². The first-order valence-corrected chi connectivity index (χ1v) is 9.03. The van der Waals surface area contributed by atoms with E-state index in [0.29, 0.717) is 5.56 Å². The first-order valence-electron chi connectivity index (χ1n) is 9.03. The quantitative estimate of drug-likeness (QED) is 0.709. The van der Waals surface area contributed by atoms with E-state index in [0.717, 1.165) is 22.4 Å². The second kappa shape index (κ2) is 13.3. The first-order chi connectivity index (χ1) is 13.0. The summed E-state index contributed by atoms with van der Waals surface area (Å²) in [6, 6.07) is 15.1. The second-order valence-corrected chi connectivity index (χ2v) is 5.60. The Hall–Kier alpha value is -2.90. The van der Waals surface area contributed by atoms with E-state index in [-0.39, 0.29) is 18.3 Å². The second-order valence-electron chi connectivity index (χ2n) is 5.60. The summed E-state index contributed by atoms with van der Waals surface area (Å²) < 4.78 is 0. The number of hydrogen-bond donors (Lipinski definition) is 2. The average Bonchev–Trinajstić information content (AvgIpc) is 2.74. The van der Waals surface area contributed by atoms with Crippen molar-refractivity contribution in [1.82, 2.24) is 0 Å². The van der Waals surface area contributed by atoms with Crippen LogP contribution in [0.1, 0.15) is 60.7 Å². The lowest BCUT2D eigenvalue weighted by Crippen LogP contribution is -2.02. The summed E-state index contributed by atoms with van der Waals surface area (Å²) in [4.78, 5) is 11.0. The molecular formula is C23H30N2O2. The number of carbonyl (C=O) groups excluding carboxylic acids is 1. The van der Waals surface area contributed by atoms with Gasteiger partial charge in [0.1, 0.15) is 0 Å². The fourth-order valence-electron chi connectivity index (χ4n) is 2.33. The molecule has 0 spiro atoms. The maximum Gasteiger partial charge on any atom is 0.160 e. The van der Waals surface area contributed by atoms with E-state index in [2.05, 4.69) is 18.0 Å². The number of Topliss-reactive ketones (excluding diaryl/α,β-unsaturated/α-hetero) is 1. The molecule has 0 saturated carbocycles. The number of carbonyl (C=O) groups is 1. The lowest BCUT2D eigenvalue weighted by molar-refractivity contribution is 0.101. The van der Waals surface area contributed by atoms with Crippen molar-refractivity contribution in [3.05, 3.63) is 71.3 Å².